The molecule has 0 radical (unpaired) electrons. The van der Waals surface area contributed by atoms with Crippen LogP contribution in [0.3, 0.4) is 0 Å². The van der Waals surface area contributed by atoms with Crippen molar-refractivity contribution in [1.29, 1.82) is 0 Å². The Morgan fingerprint density at radius 2 is 1.91 bits per heavy atom. The minimum atomic E-state index is -0.452. The van der Waals surface area contributed by atoms with Crippen molar-refractivity contribution in [2.45, 2.75) is 52.5 Å². The number of ether oxygens (including phenoxy) is 1. The summed E-state index contributed by atoms with van der Waals surface area (Å²) < 4.78 is 19.8. The highest BCUT2D eigenvalue weighted by atomic mass is 19.1. The Morgan fingerprint density at radius 3 is 2.61 bits per heavy atom. The topological polar surface area (TPSA) is 80.0 Å². The maximum Gasteiger partial charge on any atom is 0.258 e. The Balaban J connectivity index is 2.00. The van der Waals surface area contributed by atoms with Crippen molar-refractivity contribution in [3.63, 3.8) is 0 Å². The average Bonchev–Trinajstić information content (AvgIpc) is 2.80. The number of aliphatic imine (C=N–C) groups is 1. The van der Waals surface area contributed by atoms with E-state index in [1.165, 1.54) is 12.1 Å². The van der Waals surface area contributed by atoms with E-state index in [9.17, 15) is 9.18 Å². The average molecular weight is 457 g/mol. The molecule has 0 aromatic heterocycles. The predicted octanol–water partition coefficient (Wildman–Crippen LogP) is 4.17. The van der Waals surface area contributed by atoms with E-state index in [2.05, 4.69) is 29.1 Å². The van der Waals surface area contributed by atoms with Gasteiger partial charge >= 0.3 is 0 Å². The zero-order chi connectivity index (χ0) is 24.2. The molecule has 33 heavy (non-hydrogen) atoms. The van der Waals surface area contributed by atoms with Crippen LogP contribution in [0.2, 0.25) is 0 Å². The van der Waals surface area contributed by atoms with E-state index in [1.54, 1.807) is 13.2 Å². The van der Waals surface area contributed by atoms with Crippen molar-refractivity contribution in [3.8, 4) is 5.75 Å². The summed E-state index contributed by atoms with van der Waals surface area (Å²) in [6, 6.07) is 12.1. The first kappa shape index (κ1) is 26.3. The SMILES string of the molecule is CCN(CC)CCCC(C)N=C(N)NC(=O)c1cccc(F)c1CCc1cccc(OC)c1. The normalized spacial score (nSPS) is 12.6. The molecular weight excluding hydrogens is 419 g/mol. The van der Waals surface area contributed by atoms with Crippen molar-refractivity contribution in [2.24, 2.45) is 10.7 Å². The third-order valence-electron chi connectivity index (χ3n) is 5.75. The third kappa shape index (κ3) is 8.50. The molecule has 1 unspecified atom stereocenters. The fourth-order valence-electron chi connectivity index (χ4n) is 3.79. The maximum atomic E-state index is 14.6. The Labute approximate surface area is 197 Å². The number of hydrogen-bond donors (Lipinski definition) is 2. The van der Waals surface area contributed by atoms with Crippen LogP contribution in [0.25, 0.3) is 0 Å². The zero-order valence-electron chi connectivity index (χ0n) is 20.2. The molecule has 2 aromatic carbocycles. The predicted molar refractivity (Wildman–Crippen MR) is 132 cm³/mol. The van der Waals surface area contributed by atoms with Gasteiger partial charge in [-0.3, -0.25) is 15.1 Å². The lowest BCUT2D eigenvalue weighted by Gasteiger charge is -2.18. The maximum absolute atomic E-state index is 14.6. The lowest BCUT2D eigenvalue weighted by atomic mass is 9.98. The first-order valence-electron chi connectivity index (χ1n) is 11.6. The Morgan fingerprint density at radius 1 is 1.18 bits per heavy atom. The van der Waals surface area contributed by atoms with Crippen LogP contribution in [-0.2, 0) is 12.8 Å². The lowest BCUT2D eigenvalue weighted by Crippen LogP contribution is -2.38. The number of nitrogens with zero attached hydrogens (tertiary/aromatic N) is 2. The third-order valence-corrected chi connectivity index (χ3v) is 5.75. The molecule has 0 aliphatic heterocycles. The second-order valence-electron chi connectivity index (χ2n) is 8.10. The summed E-state index contributed by atoms with van der Waals surface area (Å²) in [5.41, 5.74) is 7.61. The van der Waals surface area contributed by atoms with Gasteiger partial charge in [-0.15, -0.1) is 0 Å². The van der Waals surface area contributed by atoms with Crippen LogP contribution in [0.5, 0.6) is 5.75 Å². The van der Waals surface area contributed by atoms with Gasteiger partial charge < -0.3 is 15.4 Å². The van der Waals surface area contributed by atoms with E-state index in [0.717, 1.165) is 43.8 Å². The van der Waals surface area contributed by atoms with E-state index in [1.807, 2.05) is 31.2 Å². The number of carbonyl (C=O) groups excluding carboxylic acids is 1. The van der Waals surface area contributed by atoms with Crippen LogP contribution in [0, 0.1) is 5.82 Å². The van der Waals surface area contributed by atoms with Gasteiger partial charge in [0, 0.05) is 11.1 Å². The van der Waals surface area contributed by atoms with Gasteiger partial charge in [0.15, 0.2) is 5.96 Å². The molecule has 0 saturated heterocycles. The van der Waals surface area contributed by atoms with Crippen LogP contribution in [-0.4, -0.2) is 49.6 Å². The molecule has 0 bridgehead atoms. The fourth-order valence-corrected chi connectivity index (χ4v) is 3.79. The zero-order valence-corrected chi connectivity index (χ0v) is 20.2. The first-order valence-corrected chi connectivity index (χ1v) is 11.6. The molecule has 2 aromatic rings. The Kier molecular flexibility index (Phi) is 10.8. The summed E-state index contributed by atoms with van der Waals surface area (Å²) >= 11 is 0. The molecule has 7 heteroatoms. The Hall–Kier alpha value is -2.93. The summed E-state index contributed by atoms with van der Waals surface area (Å²) in [7, 11) is 1.61. The van der Waals surface area contributed by atoms with Crippen LogP contribution in [0.4, 0.5) is 4.39 Å². The van der Waals surface area contributed by atoms with Gasteiger partial charge in [0.1, 0.15) is 11.6 Å². The van der Waals surface area contributed by atoms with Crippen molar-refractivity contribution in [1.82, 2.24) is 10.2 Å². The highest BCUT2D eigenvalue weighted by Gasteiger charge is 2.16. The molecule has 0 spiro atoms. The largest absolute Gasteiger partial charge is 0.497 e. The second kappa shape index (κ2) is 13.6. The molecular formula is C26H37FN4O2. The minimum Gasteiger partial charge on any atom is -0.497 e. The van der Waals surface area contributed by atoms with E-state index >= 15 is 0 Å². The van der Waals surface area contributed by atoms with Gasteiger partial charge in [-0.25, -0.2) is 4.39 Å². The number of amides is 1. The molecule has 2 rings (SSSR count). The summed E-state index contributed by atoms with van der Waals surface area (Å²) in [4.78, 5) is 19.6. The van der Waals surface area contributed by atoms with Crippen LogP contribution in [0.15, 0.2) is 47.5 Å². The molecule has 0 aliphatic carbocycles. The molecule has 0 fully saturated rings. The molecule has 0 saturated carbocycles. The number of aryl methyl sites for hydroxylation is 1. The Bertz CT molecular complexity index is 928. The van der Waals surface area contributed by atoms with Crippen LogP contribution in [0.1, 0.15) is 55.1 Å². The van der Waals surface area contributed by atoms with E-state index in [4.69, 9.17) is 10.5 Å². The van der Waals surface area contributed by atoms with Crippen molar-refractivity contribution < 1.29 is 13.9 Å². The molecule has 1 amide bonds. The fraction of sp³-hybridized carbons (Fsp3) is 0.462. The summed E-state index contributed by atoms with van der Waals surface area (Å²) in [5, 5.41) is 2.62. The highest BCUT2D eigenvalue weighted by Crippen LogP contribution is 2.19. The number of hydrogen-bond acceptors (Lipinski definition) is 4. The highest BCUT2D eigenvalue weighted by molar-refractivity contribution is 6.06. The molecule has 0 aliphatic rings. The monoisotopic (exact) mass is 456 g/mol. The number of benzene rings is 2. The number of halogens is 1. The summed E-state index contributed by atoms with van der Waals surface area (Å²) in [6.45, 7) is 9.34. The molecule has 6 nitrogen and oxygen atoms in total. The van der Waals surface area contributed by atoms with Gasteiger partial charge in [0.25, 0.3) is 5.91 Å². The van der Waals surface area contributed by atoms with Crippen LogP contribution >= 0.6 is 0 Å². The van der Waals surface area contributed by atoms with Gasteiger partial charge in [-0.1, -0.05) is 32.0 Å². The second-order valence-corrected chi connectivity index (χ2v) is 8.10. The van der Waals surface area contributed by atoms with E-state index in [0.29, 0.717) is 18.4 Å². The number of rotatable bonds is 12. The van der Waals surface area contributed by atoms with Crippen molar-refractivity contribution >= 4 is 11.9 Å². The van der Waals surface area contributed by atoms with Crippen LogP contribution < -0.4 is 15.8 Å². The van der Waals surface area contributed by atoms with Crippen molar-refractivity contribution in [2.75, 3.05) is 26.7 Å². The standard InChI is InChI=1S/C26H37FN4O2/c1-5-31(6-2)17-9-10-19(3)29-26(28)30-25(32)23-13-8-14-24(27)22(23)16-15-20-11-7-12-21(18-20)33-4/h7-8,11-14,18-19H,5-6,9-10,15-17H2,1-4H3,(H3,28,29,30,32). The lowest BCUT2D eigenvalue weighted by molar-refractivity contribution is 0.0975. The van der Waals surface area contributed by atoms with Gasteiger partial charge in [0.05, 0.1) is 13.2 Å². The first-order chi connectivity index (χ1) is 15.9. The molecule has 0 heterocycles. The number of nitrogens with one attached hydrogen (secondary N) is 1. The van der Waals surface area contributed by atoms with E-state index < -0.39 is 11.7 Å². The number of methoxy groups -OCH3 is 1. The number of guanidine groups is 1. The molecule has 1 atom stereocenters. The quantitative estimate of drug-likeness (QED) is 0.371. The van der Waals surface area contributed by atoms with E-state index in [-0.39, 0.29) is 17.6 Å². The summed E-state index contributed by atoms with van der Waals surface area (Å²) in [5.74, 6) is -0.0647. The minimum absolute atomic E-state index is 0.0131. The molecule has 180 valence electrons. The number of nitrogens with two attached hydrogens (primary N) is 1. The van der Waals surface area contributed by atoms with Gasteiger partial charge in [0.2, 0.25) is 0 Å². The smallest absolute Gasteiger partial charge is 0.258 e. The van der Waals surface area contributed by atoms with Crippen molar-refractivity contribution in [3.05, 3.63) is 65.0 Å². The molecule has 3 N–H and O–H groups in total. The number of carbonyl (C=O) groups is 1. The summed E-state index contributed by atoms with van der Waals surface area (Å²) in [6.07, 6.45) is 2.83. The van der Waals surface area contributed by atoms with Gasteiger partial charge in [-0.2, -0.15) is 0 Å². The van der Waals surface area contributed by atoms with Gasteiger partial charge in [-0.05, 0) is 82.1 Å².